The molecule has 0 spiro atoms. The van der Waals surface area contributed by atoms with Crippen LogP contribution in [0.3, 0.4) is 0 Å². The first-order valence-corrected chi connectivity index (χ1v) is 9.68. The van der Waals surface area contributed by atoms with E-state index in [4.69, 9.17) is 16.3 Å². The molecule has 0 aromatic heterocycles. The maximum atomic E-state index is 11.5. The fraction of sp³-hybridized carbons (Fsp3) is 0.533. The highest BCUT2D eigenvalue weighted by Gasteiger charge is 2.28. The van der Waals surface area contributed by atoms with Crippen LogP contribution in [0, 0.1) is 0 Å². The molecule has 1 aromatic rings. The number of benzene rings is 1. The number of hydrogen-bond donors (Lipinski definition) is 2. The van der Waals surface area contributed by atoms with Gasteiger partial charge >= 0.3 is 0 Å². The number of nitrogens with zero attached hydrogens (tertiary/aromatic N) is 1. The van der Waals surface area contributed by atoms with Crippen molar-refractivity contribution in [2.45, 2.75) is 25.5 Å². The molecule has 1 fully saturated rings. The molecular weight excluding hydrogens is 465 g/mol. The minimum atomic E-state index is -2.91. The van der Waals surface area contributed by atoms with Gasteiger partial charge in [-0.05, 0) is 25.5 Å². The number of rotatable bonds is 5. The van der Waals surface area contributed by atoms with Gasteiger partial charge in [-0.1, -0.05) is 23.7 Å². The van der Waals surface area contributed by atoms with Gasteiger partial charge in [0.25, 0.3) is 0 Å². The Morgan fingerprint density at radius 2 is 2.17 bits per heavy atom. The van der Waals surface area contributed by atoms with E-state index in [1.807, 2.05) is 25.1 Å². The molecule has 2 rings (SSSR count). The normalized spacial score (nSPS) is 20.8. The smallest absolute Gasteiger partial charge is 0.191 e. The average Bonchev–Trinajstić information content (AvgIpc) is 2.85. The second kappa shape index (κ2) is 9.67. The number of halogens is 2. The Morgan fingerprint density at radius 1 is 1.46 bits per heavy atom. The first-order chi connectivity index (χ1) is 10.9. The van der Waals surface area contributed by atoms with Crippen LogP contribution >= 0.6 is 35.6 Å². The summed E-state index contributed by atoms with van der Waals surface area (Å²) in [4.78, 5) is 4.11. The molecule has 0 bridgehead atoms. The van der Waals surface area contributed by atoms with Crippen molar-refractivity contribution >= 4 is 51.4 Å². The van der Waals surface area contributed by atoms with Crippen LogP contribution < -0.4 is 15.4 Å². The van der Waals surface area contributed by atoms with Gasteiger partial charge in [0, 0.05) is 13.1 Å². The molecule has 2 atom stereocenters. The van der Waals surface area contributed by atoms with Crippen molar-refractivity contribution in [1.29, 1.82) is 0 Å². The highest BCUT2D eigenvalue weighted by atomic mass is 127. The SMILES string of the molecule is CN=C(NCC(C)Oc1ccccc1Cl)NC1CCS(=O)(=O)C1.I. The van der Waals surface area contributed by atoms with Crippen molar-refractivity contribution in [3.63, 3.8) is 0 Å². The second-order valence-corrected chi connectivity index (χ2v) is 8.19. The third-order valence-electron chi connectivity index (χ3n) is 3.52. The number of guanidine groups is 1. The topological polar surface area (TPSA) is 79.8 Å². The lowest BCUT2D eigenvalue weighted by molar-refractivity contribution is 0.224. The molecule has 1 aliphatic heterocycles. The maximum absolute atomic E-state index is 11.5. The highest BCUT2D eigenvalue weighted by molar-refractivity contribution is 14.0. The van der Waals surface area contributed by atoms with Gasteiger partial charge < -0.3 is 15.4 Å². The van der Waals surface area contributed by atoms with Crippen LogP contribution in [0.5, 0.6) is 5.75 Å². The van der Waals surface area contributed by atoms with E-state index in [1.54, 1.807) is 13.1 Å². The number of nitrogens with one attached hydrogen (secondary N) is 2. The van der Waals surface area contributed by atoms with Crippen LogP contribution in [0.15, 0.2) is 29.3 Å². The Labute approximate surface area is 165 Å². The van der Waals surface area contributed by atoms with E-state index in [2.05, 4.69) is 15.6 Å². The third kappa shape index (κ3) is 6.64. The monoisotopic (exact) mass is 487 g/mol. The molecule has 9 heteroatoms. The molecule has 1 aliphatic rings. The molecule has 0 amide bonds. The summed E-state index contributed by atoms with van der Waals surface area (Å²) in [6, 6.07) is 7.21. The Kier molecular flexibility index (Phi) is 8.58. The van der Waals surface area contributed by atoms with Crippen molar-refractivity contribution in [2.24, 2.45) is 4.99 Å². The largest absolute Gasteiger partial charge is 0.487 e. The minimum Gasteiger partial charge on any atom is -0.487 e. The first kappa shape index (κ1) is 21.3. The summed E-state index contributed by atoms with van der Waals surface area (Å²) in [5.41, 5.74) is 0. The molecule has 1 saturated heterocycles. The van der Waals surface area contributed by atoms with E-state index in [9.17, 15) is 8.42 Å². The van der Waals surface area contributed by atoms with Gasteiger partial charge in [-0.3, -0.25) is 4.99 Å². The Bertz CT molecular complexity index is 670. The lowest BCUT2D eigenvalue weighted by atomic mass is 10.3. The number of ether oxygens (including phenoxy) is 1. The van der Waals surface area contributed by atoms with Gasteiger partial charge in [-0.25, -0.2) is 8.42 Å². The fourth-order valence-corrected chi connectivity index (χ4v) is 4.19. The van der Waals surface area contributed by atoms with E-state index in [-0.39, 0.29) is 47.6 Å². The van der Waals surface area contributed by atoms with Gasteiger partial charge in [0.05, 0.1) is 23.1 Å². The zero-order valence-electron chi connectivity index (χ0n) is 13.7. The zero-order valence-corrected chi connectivity index (χ0v) is 17.6. The maximum Gasteiger partial charge on any atom is 0.191 e. The van der Waals surface area contributed by atoms with Crippen LogP contribution in [0.2, 0.25) is 5.02 Å². The molecule has 0 aliphatic carbocycles. The van der Waals surface area contributed by atoms with Crippen molar-refractivity contribution in [2.75, 3.05) is 25.1 Å². The molecule has 6 nitrogen and oxygen atoms in total. The third-order valence-corrected chi connectivity index (χ3v) is 5.60. The Morgan fingerprint density at radius 3 is 2.75 bits per heavy atom. The molecule has 136 valence electrons. The molecule has 24 heavy (non-hydrogen) atoms. The van der Waals surface area contributed by atoms with Gasteiger partial charge in [-0.15, -0.1) is 24.0 Å². The van der Waals surface area contributed by atoms with Crippen LogP contribution in [0.25, 0.3) is 0 Å². The Balaban J connectivity index is 0.00000288. The van der Waals surface area contributed by atoms with Crippen LogP contribution in [-0.4, -0.2) is 51.6 Å². The summed E-state index contributed by atoms with van der Waals surface area (Å²) < 4.78 is 28.7. The van der Waals surface area contributed by atoms with Crippen molar-refractivity contribution in [3.05, 3.63) is 29.3 Å². The first-order valence-electron chi connectivity index (χ1n) is 7.48. The highest BCUT2D eigenvalue weighted by Crippen LogP contribution is 2.24. The summed E-state index contributed by atoms with van der Waals surface area (Å²) in [7, 11) is -1.26. The van der Waals surface area contributed by atoms with Gasteiger partial charge in [0.15, 0.2) is 15.8 Å². The molecule has 0 radical (unpaired) electrons. The van der Waals surface area contributed by atoms with Crippen LogP contribution in [0.4, 0.5) is 0 Å². The summed E-state index contributed by atoms with van der Waals surface area (Å²) in [6.07, 6.45) is 0.482. The molecular formula is C15H23ClIN3O3S. The number of aliphatic imine (C=N–C) groups is 1. The Hall–Kier alpha value is -0.740. The van der Waals surface area contributed by atoms with Crippen LogP contribution in [0.1, 0.15) is 13.3 Å². The predicted octanol–water partition coefficient (Wildman–Crippen LogP) is 2.08. The minimum absolute atomic E-state index is 0. The molecule has 1 aromatic carbocycles. The lowest BCUT2D eigenvalue weighted by Gasteiger charge is -2.20. The van der Waals surface area contributed by atoms with E-state index < -0.39 is 9.84 Å². The second-order valence-electron chi connectivity index (χ2n) is 5.56. The zero-order chi connectivity index (χ0) is 16.9. The molecule has 2 unspecified atom stereocenters. The fourth-order valence-electron chi connectivity index (χ4n) is 2.34. The van der Waals surface area contributed by atoms with Crippen molar-refractivity contribution in [1.82, 2.24) is 10.6 Å². The number of para-hydroxylation sites is 1. The molecule has 2 N–H and O–H groups in total. The summed E-state index contributed by atoms with van der Waals surface area (Å²) in [5, 5.41) is 6.84. The summed E-state index contributed by atoms with van der Waals surface area (Å²) >= 11 is 6.06. The van der Waals surface area contributed by atoms with E-state index >= 15 is 0 Å². The number of hydrogen-bond acceptors (Lipinski definition) is 4. The summed E-state index contributed by atoms with van der Waals surface area (Å²) in [5.74, 6) is 1.59. The quantitative estimate of drug-likeness (QED) is 0.378. The van der Waals surface area contributed by atoms with Crippen molar-refractivity contribution < 1.29 is 13.2 Å². The van der Waals surface area contributed by atoms with E-state index in [0.717, 1.165) is 0 Å². The van der Waals surface area contributed by atoms with Crippen LogP contribution in [-0.2, 0) is 9.84 Å². The van der Waals surface area contributed by atoms with Gasteiger partial charge in [0.1, 0.15) is 11.9 Å². The standard InChI is InChI=1S/C15H22ClN3O3S.HI/c1-11(22-14-6-4-3-5-13(14)16)9-18-15(17-2)19-12-7-8-23(20,21)10-12;/h3-6,11-12H,7-10H2,1-2H3,(H2,17,18,19);1H. The van der Waals surface area contributed by atoms with Gasteiger partial charge in [0.2, 0.25) is 0 Å². The lowest BCUT2D eigenvalue weighted by Crippen LogP contribution is -2.46. The van der Waals surface area contributed by atoms with E-state index in [1.165, 1.54) is 0 Å². The van der Waals surface area contributed by atoms with Gasteiger partial charge in [-0.2, -0.15) is 0 Å². The molecule has 1 heterocycles. The number of sulfone groups is 1. The van der Waals surface area contributed by atoms with Crippen molar-refractivity contribution in [3.8, 4) is 5.75 Å². The molecule has 0 saturated carbocycles. The average molecular weight is 488 g/mol. The van der Waals surface area contributed by atoms with E-state index in [0.29, 0.717) is 29.7 Å². The predicted molar refractivity (Wildman–Crippen MR) is 109 cm³/mol. The summed E-state index contributed by atoms with van der Waals surface area (Å²) in [6.45, 7) is 2.44.